The highest BCUT2D eigenvalue weighted by Crippen LogP contribution is 2.57. The van der Waals surface area contributed by atoms with Crippen LogP contribution in [0.5, 0.6) is 5.75 Å². The molecule has 0 spiro atoms. The Bertz CT molecular complexity index is 1160. The number of benzene rings is 1. The lowest BCUT2D eigenvalue weighted by Gasteiger charge is -2.31. The normalized spacial score (nSPS) is 33.1. The van der Waals surface area contributed by atoms with Crippen LogP contribution in [0.25, 0.3) is 5.53 Å². The van der Waals surface area contributed by atoms with Crippen LogP contribution in [-0.4, -0.2) is 57.7 Å². The predicted octanol–water partition coefficient (Wildman–Crippen LogP) is -0.0514. The molecular weight excluding hydrogens is 404 g/mol. The molecule has 5 atom stereocenters. The van der Waals surface area contributed by atoms with Crippen LogP contribution in [0.3, 0.4) is 0 Å². The van der Waals surface area contributed by atoms with Crippen LogP contribution >= 0.6 is 0 Å². The van der Waals surface area contributed by atoms with Gasteiger partial charge in [-0.25, -0.2) is 0 Å². The Morgan fingerprint density at radius 3 is 2.61 bits per heavy atom. The van der Waals surface area contributed by atoms with E-state index in [2.05, 4.69) is 0 Å². The number of rotatable bonds is 3. The Balaban J connectivity index is 1.71. The lowest BCUT2D eigenvalue weighted by atomic mass is 9.77. The third-order valence-electron chi connectivity index (χ3n) is 6.54. The molecule has 1 aromatic rings. The summed E-state index contributed by atoms with van der Waals surface area (Å²) in [5.74, 6) is -2.55. The minimum Gasteiger partial charge on any atom is -0.508 e. The Labute approximate surface area is 176 Å². The first-order valence-electron chi connectivity index (χ1n) is 9.99. The molecule has 0 saturated carbocycles. The van der Waals surface area contributed by atoms with E-state index in [9.17, 15) is 30.1 Å². The van der Waals surface area contributed by atoms with Crippen LogP contribution < -0.4 is 5.11 Å². The number of aliphatic hydroxyl groups excluding tert-OH is 1. The number of ketones is 2. The molecule has 3 N–H and O–H groups in total. The van der Waals surface area contributed by atoms with Crippen molar-refractivity contribution in [1.82, 2.24) is 0 Å². The summed E-state index contributed by atoms with van der Waals surface area (Å²) in [5.41, 5.74) is 8.94. The van der Waals surface area contributed by atoms with Crippen molar-refractivity contribution in [2.45, 2.75) is 50.7 Å². The second-order valence-electron chi connectivity index (χ2n) is 8.72. The summed E-state index contributed by atoms with van der Waals surface area (Å²) in [6, 6.07) is 2.95. The first kappa shape index (κ1) is 19.8. The van der Waals surface area contributed by atoms with Gasteiger partial charge in [0.05, 0.1) is 22.6 Å². The summed E-state index contributed by atoms with van der Waals surface area (Å²) in [5, 5.41) is 23.3. The van der Waals surface area contributed by atoms with Crippen LogP contribution in [-0.2, 0) is 14.3 Å². The smallest absolute Gasteiger partial charge is 0.309 e. The summed E-state index contributed by atoms with van der Waals surface area (Å²) >= 11 is 0. The lowest BCUT2D eigenvalue weighted by Crippen LogP contribution is -2.74. The molecule has 3 aliphatic carbocycles. The molecule has 1 aromatic carbocycles. The molecule has 1 saturated heterocycles. The largest absolute Gasteiger partial charge is 0.508 e. The number of carbonyl (C=O) groups excluding carboxylic acids is 3. The van der Waals surface area contributed by atoms with E-state index in [1.807, 2.05) is 5.11 Å². The molecule has 5 rings (SSSR count). The molecule has 31 heavy (non-hydrogen) atoms. The molecule has 160 valence electrons. The van der Waals surface area contributed by atoms with E-state index in [4.69, 9.17) is 9.47 Å². The topological polar surface area (TPSA) is 150 Å². The number of aromatic hydroxyl groups is 1. The van der Waals surface area contributed by atoms with Crippen molar-refractivity contribution >= 4 is 17.5 Å². The summed E-state index contributed by atoms with van der Waals surface area (Å²) in [6.07, 6.45) is -3.03. The van der Waals surface area contributed by atoms with Gasteiger partial charge in [0, 0.05) is 16.7 Å². The SMILES string of the molecule is CC(C)C(=O)O[C@H]1C2=C(C3=C(C(=O)c4c(O)cccc4C3=O)C2[NH+]=[N-])[C@@H](O)[C@@H]2O[C@@]12C. The van der Waals surface area contributed by atoms with Crippen LogP contribution in [0, 0.1) is 5.92 Å². The molecule has 0 bridgehead atoms. The van der Waals surface area contributed by atoms with Crippen LogP contribution in [0.15, 0.2) is 40.5 Å². The standard InChI is InChI=1S/C22H20N2O7/c1-7(2)21(29)30-19-14-12(18(28)20-22(19,3)31-20)11-13(15(14)24-23)17(27)10-8(16(11)26)5-4-6-9(10)25/h4-7,15,18-20,24-25,28H,1-3H3/t15?,18-,19+,20+,22+/m1/s1. The highest BCUT2D eigenvalue weighted by Gasteiger charge is 2.71. The van der Waals surface area contributed by atoms with Crippen molar-refractivity contribution in [3.05, 3.63) is 57.1 Å². The number of nitrogens with one attached hydrogen (secondary N) is 1. The van der Waals surface area contributed by atoms with Gasteiger partial charge in [0.2, 0.25) is 5.78 Å². The second-order valence-corrected chi connectivity index (χ2v) is 8.72. The number of hydrogen-bond acceptors (Lipinski definition) is 7. The van der Waals surface area contributed by atoms with Crippen molar-refractivity contribution in [1.29, 1.82) is 0 Å². The molecule has 0 aromatic heterocycles. The van der Waals surface area contributed by atoms with Gasteiger partial charge < -0.3 is 30.3 Å². The average molecular weight is 424 g/mol. The average Bonchev–Trinajstić information content (AvgIpc) is 3.30. The molecule has 1 aliphatic heterocycles. The number of phenolic OH excluding ortho intramolecular Hbond substituents is 1. The number of esters is 1. The number of aliphatic hydroxyl groups is 1. The Hall–Kier alpha value is -3.17. The van der Waals surface area contributed by atoms with Crippen LogP contribution in [0.2, 0.25) is 0 Å². The number of fused-ring (bicyclic) bond motifs is 3. The van der Waals surface area contributed by atoms with Gasteiger partial charge in [0.1, 0.15) is 23.6 Å². The Kier molecular flexibility index (Phi) is 3.94. The lowest BCUT2D eigenvalue weighted by molar-refractivity contribution is -0.503. The van der Waals surface area contributed by atoms with E-state index in [0.717, 1.165) is 0 Å². The Morgan fingerprint density at radius 2 is 1.97 bits per heavy atom. The molecule has 4 aliphatic rings. The summed E-state index contributed by atoms with van der Waals surface area (Å²) in [6.45, 7) is 4.99. The molecule has 9 nitrogen and oxygen atoms in total. The van der Waals surface area contributed by atoms with Crippen LogP contribution in [0.1, 0.15) is 41.5 Å². The van der Waals surface area contributed by atoms with Gasteiger partial charge in [-0.05, 0) is 13.0 Å². The first-order chi connectivity index (χ1) is 14.6. The van der Waals surface area contributed by atoms with E-state index < -0.39 is 53.4 Å². The number of carbonyl (C=O) groups is 3. The number of nitrogens with zero attached hydrogens (tertiary/aromatic N) is 1. The number of phenols is 1. The first-order valence-corrected chi connectivity index (χ1v) is 9.99. The van der Waals surface area contributed by atoms with Crippen molar-refractivity contribution in [3.63, 3.8) is 0 Å². The minimum absolute atomic E-state index is 0.00201. The van der Waals surface area contributed by atoms with Gasteiger partial charge in [-0.1, -0.05) is 26.0 Å². The third-order valence-corrected chi connectivity index (χ3v) is 6.54. The maximum absolute atomic E-state index is 13.4. The molecular formula is C22H20N2O7. The maximum atomic E-state index is 13.4. The monoisotopic (exact) mass is 424 g/mol. The van der Waals surface area contributed by atoms with E-state index in [1.54, 1.807) is 20.8 Å². The third kappa shape index (κ3) is 2.35. The molecule has 1 heterocycles. The van der Waals surface area contributed by atoms with Gasteiger partial charge in [0.25, 0.3) is 0 Å². The number of hydrogen-bond donors (Lipinski definition) is 3. The fraction of sp³-hybridized carbons (Fsp3) is 0.409. The molecule has 0 amide bonds. The second kappa shape index (κ2) is 6.18. The molecule has 0 radical (unpaired) electrons. The minimum atomic E-state index is -1.26. The highest BCUT2D eigenvalue weighted by atomic mass is 16.7. The van der Waals surface area contributed by atoms with Gasteiger partial charge >= 0.3 is 5.97 Å². The quantitative estimate of drug-likeness (QED) is 0.350. The van der Waals surface area contributed by atoms with Crippen molar-refractivity contribution < 1.29 is 39.2 Å². The maximum Gasteiger partial charge on any atom is 0.309 e. The van der Waals surface area contributed by atoms with Gasteiger partial charge in [-0.3, -0.25) is 14.4 Å². The fourth-order valence-corrected chi connectivity index (χ4v) is 4.94. The van der Waals surface area contributed by atoms with Gasteiger partial charge in [0.15, 0.2) is 17.9 Å². The number of Topliss-reactive ketones (excluding diaryl/α,β-unsaturated/α-hetero) is 2. The van der Waals surface area contributed by atoms with Crippen molar-refractivity contribution in [3.8, 4) is 5.75 Å². The van der Waals surface area contributed by atoms with E-state index in [1.165, 1.54) is 18.2 Å². The van der Waals surface area contributed by atoms with E-state index in [-0.39, 0.29) is 39.2 Å². The summed E-state index contributed by atoms with van der Waals surface area (Å²) in [4.78, 5) is 39.1. The number of epoxide rings is 1. The summed E-state index contributed by atoms with van der Waals surface area (Å²) in [7, 11) is 0. The fourth-order valence-electron chi connectivity index (χ4n) is 4.94. The molecule has 1 fully saturated rings. The number of ether oxygens (including phenoxy) is 2. The predicted molar refractivity (Wildman–Crippen MR) is 103 cm³/mol. The van der Waals surface area contributed by atoms with Crippen molar-refractivity contribution in [2.24, 2.45) is 5.92 Å². The summed E-state index contributed by atoms with van der Waals surface area (Å²) < 4.78 is 11.4. The zero-order chi connectivity index (χ0) is 22.4. The highest BCUT2D eigenvalue weighted by molar-refractivity contribution is 6.31. The van der Waals surface area contributed by atoms with E-state index >= 15 is 0 Å². The van der Waals surface area contributed by atoms with Gasteiger partial charge in [-0.2, -0.15) is 0 Å². The molecule has 1 unspecified atom stereocenters. The zero-order valence-corrected chi connectivity index (χ0v) is 17.0. The van der Waals surface area contributed by atoms with E-state index in [0.29, 0.717) is 0 Å². The Morgan fingerprint density at radius 1 is 1.26 bits per heavy atom. The van der Waals surface area contributed by atoms with Crippen LogP contribution in [0.4, 0.5) is 0 Å². The molecule has 9 heteroatoms. The van der Waals surface area contributed by atoms with Crippen molar-refractivity contribution in [2.75, 3.05) is 0 Å². The van der Waals surface area contributed by atoms with Gasteiger partial charge in [-0.15, -0.1) is 0 Å². The zero-order valence-electron chi connectivity index (χ0n) is 17.0.